The number of aryl methyl sites for hydroxylation is 1. The van der Waals surface area contributed by atoms with Crippen molar-refractivity contribution in [2.24, 2.45) is 0 Å². The molecule has 3 nitrogen and oxygen atoms in total. The number of aliphatic hydroxyl groups is 1. The first kappa shape index (κ1) is 14.5. The smallest absolute Gasteiger partial charge is 0.337 e. The number of benzene rings is 2. The molecule has 0 bridgehead atoms. The fourth-order valence-electron chi connectivity index (χ4n) is 3.02. The highest BCUT2D eigenvalue weighted by Gasteiger charge is 2.20. The first-order valence-corrected chi connectivity index (χ1v) is 7.34. The van der Waals surface area contributed by atoms with E-state index in [0.29, 0.717) is 5.56 Å². The second-order valence-electron chi connectivity index (χ2n) is 5.37. The Balaban J connectivity index is 2.16. The van der Waals surface area contributed by atoms with Gasteiger partial charge >= 0.3 is 5.97 Å². The van der Waals surface area contributed by atoms with Crippen molar-refractivity contribution in [1.82, 2.24) is 0 Å². The molecule has 0 amide bonds. The molecule has 0 aliphatic heterocycles. The van der Waals surface area contributed by atoms with E-state index in [1.807, 2.05) is 30.3 Å². The van der Waals surface area contributed by atoms with Crippen molar-refractivity contribution >= 4 is 11.5 Å². The van der Waals surface area contributed by atoms with Gasteiger partial charge in [-0.05, 0) is 52.8 Å². The van der Waals surface area contributed by atoms with Crippen molar-refractivity contribution in [3.63, 3.8) is 0 Å². The van der Waals surface area contributed by atoms with E-state index in [4.69, 9.17) is 4.74 Å². The maximum atomic E-state index is 11.8. The molecule has 0 fully saturated rings. The Bertz CT molecular complexity index is 744. The number of hydrogen-bond acceptors (Lipinski definition) is 3. The van der Waals surface area contributed by atoms with Crippen LogP contribution < -0.4 is 0 Å². The number of methoxy groups -OCH3 is 1. The van der Waals surface area contributed by atoms with Gasteiger partial charge in [0.1, 0.15) is 0 Å². The molecule has 22 heavy (non-hydrogen) atoms. The number of hydrogen-bond donors (Lipinski definition) is 1. The van der Waals surface area contributed by atoms with Gasteiger partial charge in [-0.25, -0.2) is 4.79 Å². The number of ether oxygens (including phenoxy) is 1. The van der Waals surface area contributed by atoms with Gasteiger partial charge in [0.05, 0.1) is 19.3 Å². The highest BCUT2D eigenvalue weighted by atomic mass is 16.5. The lowest BCUT2D eigenvalue weighted by molar-refractivity contribution is 0.0600. The van der Waals surface area contributed by atoms with Crippen LogP contribution in [0.2, 0.25) is 0 Å². The summed E-state index contributed by atoms with van der Waals surface area (Å²) >= 11 is 0. The number of aliphatic hydroxyl groups excluding tert-OH is 1. The minimum atomic E-state index is -0.350. The van der Waals surface area contributed by atoms with E-state index in [9.17, 15) is 9.90 Å². The standard InChI is InChI=1S/C19H18O3/c1-22-19(21)15-7-4-6-14(11-15)18-16(12-20)10-9-13-5-2-3-8-17(13)18/h2-8,11,20H,9-10,12H2,1H3. The molecule has 3 heteroatoms. The maximum Gasteiger partial charge on any atom is 0.337 e. The zero-order chi connectivity index (χ0) is 15.5. The van der Waals surface area contributed by atoms with Crippen molar-refractivity contribution in [3.05, 3.63) is 76.4 Å². The summed E-state index contributed by atoms with van der Waals surface area (Å²) in [6.07, 6.45) is 1.78. The first-order chi connectivity index (χ1) is 10.7. The first-order valence-electron chi connectivity index (χ1n) is 7.34. The van der Waals surface area contributed by atoms with Crippen molar-refractivity contribution in [1.29, 1.82) is 0 Å². The number of carbonyl (C=O) groups excluding carboxylic acids is 1. The van der Waals surface area contributed by atoms with E-state index < -0.39 is 0 Å². The van der Waals surface area contributed by atoms with Crippen LogP contribution in [-0.2, 0) is 11.2 Å². The summed E-state index contributed by atoms with van der Waals surface area (Å²) in [6.45, 7) is 0.0338. The van der Waals surface area contributed by atoms with E-state index in [1.165, 1.54) is 12.7 Å². The molecule has 0 saturated heterocycles. The average molecular weight is 294 g/mol. The second-order valence-corrected chi connectivity index (χ2v) is 5.37. The Morgan fingerprint density at radius 2 is 1.95 bits per heavy atom. The summed E-state index contributed by atoms with van der Waals surface area (Å²) < 4.78 is 4.80. The van der Waals surface area contributed by atoms with E-state index in [2.05, 4.69) is 12.1 Å². The van der Waals surface area contributed by atoms with Crippen LogP contribution in [0.5, 0.6) is 0 Å². The molecule has 0 atom stereocenters. The lowest BCUT2D eigenvalue weighted by Crippen LogP contribution is -2.09. The van der Waals surface area contributed by atoms with Crippen LogP contribution in [0.4, 0.5) is 0 Å². The van der Waals surface area contributed by atoms with E-state index in [1.54, 1.807) is 6.07 Å². The summed E-state index contributed by atoms with van der Waals surface area (Å²) in [4.78, 5) is 11.8. The van der Waals surface area contributed by atoms with Crippen LogP contribution in [0, 0.1) is 0 Å². The van der Waals surface area contributed by atoms with E-state index in [0.717, 1.165) is 35.1 Å². The van der Waals surface area contributed by atoms with Gasteiger partial charge in [-0.2, -0.15) is 0 Å². The minimum Gasteiger partial charge on any atom is -0.465 e. The van der Waals surface area contributed by atoms with Crippen LogP contribution >= 0.6 is 0 Å². The van der Waals surface area contributed by atoms with Gasteiger partial charge in [-0.15, -0.1) is 0 Å². The van der Waals surface area contributed by atoms with Crippen LogP contribution in [0.25, 0.3) is 5.57 Å². The van der Waals surface area contributed by atoms with Crippen molar-refractivity contribution in [3.8, 4) is 0 Å². The van der Waals surface area contributed by atoms with Crippen LogP contribution in [0.1, 0.15) is 33.5 Å². The largest absolute Gasteiger partial charge is 0.465 e. The molecule has 0 heterocycles. The SMILES string of the molecule is COC(=O)c1cccc(C2=C(CO)CCc3ccccc32)c1. The Kier molecular flexibility index (Phi) is 4.07. The zero-order valence-corrected chi connectivity index (χ0v) is 12.5. The lowest BCUT2D eigenvalue weighted by atomic mass is 9.82. The summed E-state index contributed by atoms with van der Waals surface area (Å²) in [5.41, 5.74) is 5.93. The molecule has 2 aromatic carbocycles. The quantitative estimate of drug-likeness (QED) is 0.884. The van der Waals surface area contributed by atoms with Crippen LogP contribution in [0.15, 0.2) is 54.1 Å². The van der Waals surface area contributed by atoms with Gasteiger partial charge in [0.25, 0.3) is 0 Å². The molecule has 112 valence electrons. The molecule has 0 saturated carbocycles. The molecule has 2 aromatic rings. The highest BCUT2D eigenvalue weighted by molar-refractivity contribution is 5.92. The monoisotopic (exact) mass is 294 g/mol. The fourth-order valence-corrected chi connectivity index (χ4v) is 3.02. The summed E-state index contributed by atoms with van der Waals surface area (Å²) in [6, 6.07) is 15.6. The topological polar surface area (TPSA) is 46.5 Å². The average Bonchev–Trinajstić information content (AvgIpc) is 2.60. The second kappa shape index (κ2) is 6.16. The normalized spacial score (nSPS) is 13.7. The van der Waals surface area contributed by atoms with Gasteiger partial charge in [0.15, 0.2) is 0 Å². The Morgan fingerprint density at radius 1 is 1.14 bits per heavy atom. The molecular weight excluding hydrogens is 276 g/mol. The zero-order valence-electron chi connectivity index (χ0n) is 12.5. The minimum absolute atomic E-state index is 0.0338. The predicted octanol–water partition coefficient (Wildman–Crippen LogP) is 3.21. The third kappa shape index (κ3) is 2.55. The van der Waals surface area contributed by atoms with Crippen LogP contribution in [-0.4, -0.2) is 24.8 Å². The van der Waals surface area contributed by atoms with Gasteiger partial charge in [-0.1, -0.05) is 36.4 Å². The van der Waals surface area contributed by atoms with Crippen molar-refractivity contribution in [2.45, 2.75) is 12.8 Å². The number of esters is 1. The fraction of sp³-hybridized carbons (Fsp3) is 0.211. The predicted molar refractivity (Wildman–Crippen MR) is 85.7 cm³/mol. The lowest BCUT2D eigenvalue weighted by Gasteiger charge is -2.23. The van der Waals surface area contributed by atoms with Gasteiger partial charge in [-0.3, -0.25) is 0 Å². The molecule has 0 aromatic heterocycles. The van der Waals surface area contributed by atoms with Crippen LogP contribution in [0.3, 0.4) is 0 Å². The molecule has 1 N–H and O–H groups in total. The molecule has 1 aliphatic rings. The summed E-state index contributed by atoms with van der Waals surface area (Å²) in [7, 11) is 1.38. The van der Waals surface area contributed by atoms with Gasteiger partial charge in [0, 0.05) is 0 Å². The Morgan fingerprint density at radius 3 is 2.73 bits per heavy atom. The Hall–Kier alpha value is -2.39. The number of rotatable bonds is 3. The Labute approximate surface area is 129 Å². The highest BCUT2D eigenvalue weighted by Crippen LogP contribution is 2.36. The molecule has 1 aliphatic carbocycles. The number of carbonyl (C=O) groups is 1. The number of fused-ring (bicyclic) bond motifs is 1. The molecular formula is C19H18O3. The van der Waals surface area contributed by atoms with E-state index >= 15 is 0 Å². The van der Waals surface area contributed by atoms with Crippen molar-refractivity contribution < 1.29 is 14.6 Å². The molecule has 3 rings (SSSR count). The van der Waals surface area contributed by atoms with Gasteiger partial charge < -0.3 is 9.84 Å². The van der Waals surface area contributed by atoms with E-state index in [-0.39, 0.29) is 12.6 Å². The molecule has 0 unspecified atom stereocenters. The molecule has 0 spiro atoms. The summed E-state index contributed by atoms with van der Waals surface area (Å²) in [5, 5.41) is 9.72. The summed E-state index contributed by atoms with van der Waals surface area (Å²) in [5.74, 6) is -0.350. The third-order valence-electron chi connectivity index (χ3n) is 4.10. The third-order valence-corrected chi connectivity index (χ3v) is 4.10. The maximum absolute atomic E-state index is 11.8. The molecule has 0 radical (unpaired) electrons. The van der Waals surface area contributed by atoms with Gasteiger partial charge in [0.2, 0.25) is 0 Å². The van der Waals surface area contributed by atoms with Crippen molar-refractivity contribution in [2.75, 3.05) is 13.7 Å².